The fourth-order valence-electron chi connectivity index (χ4n) is 4.40. The number of carbonyl (C=O) groups excluding carboxylic acids is 1. The van der Waals surface area contributed by atoms with E-state index in [2.05, 4.69) is 13.8 Å². The van der Waals surface area contributed by atoms with E-state index >= 15 is 0 Å². The molecule has 3 rings (SSSR count). The van der Waals surface area contributed by atoms with Crippen molar-refractivity contribution in [3.63, 3.8) is 0 Å². The Morgan fingerprint density at radius 1 is 0.886 bits per heavy atom. The zero-order chi connectivity index (χ0) is 24.9. The van der Waals surface area contributed by atoms with Gasteiger partial charge in [-0.1, -0.05) is 83.4 Å². The first kappa shape index (κ1) is 27.3. The van der Waals surface area contributed by atoms with Gasteiger partial charge in [0.25, 0.3) is 0 Å². The van der Waals surface area contributed by atoms with E-state index in [9.17, 15) is 9.18 Å². The van der Waals surface area contributed by atoms with Crippen LogP contribution in [0.25, 0.3) is 0 Å². The maximum atomic E-state index is 14.8. The molecule has 0 spiro atoms. The van der Waals surface area contributed by atoms with E-state index in [-0.39, 0.29) is 5.56 Å². The molecule has 4 nitrogen and oxygen atoms in total. The lowest BCUT2D eigenvalue weighted by Gasteiger charge is -2.30. The van der Waals surface area contributed by atoms with Gasteiger partial charge in [-0.05, 0) is 49.1 Å². The highest BCUT2D eigenvalue weighted by atomic mass is 19.1. The summed E-state index contributed by atoms with van der Waals surface area (Å²) in [7, 11) is 0. The Kier molecular flexibility index (Phi) is 11.7. The third-order valence-electron chi connectivity index (χ3n) is 6.63. The quantitative estimate of drug-likeness (QED) is 0.154. The van der Waals surface area contributed by atoms with Crippen LogP contribution in [0.2, 0.25) is 0 Å². The minimum absolute atomic E-state index is 0.161. The first-order valence-electron chi connectivity index (χ1n) is 13.4. The van der Waals surface area contributed by atoms with Crippen molar-refractivity contribution in [3.8, 4) is 5.75 Å². The van der Waals surface area contributed by atoms with Gasteiger partial charge in [0.2, 0.25) is 0 Å². The summed E-state index contributed by atoms with van der Waals surface area (Å²) in [6.45, 7) is 5.53. The highest BCUT2D eigenvalue weighted by molar-refractivity contribution is 5.91. The normalized spacial score (nSPS) is 17.9. The molecule has 0 unspecified atom stereocenters. The Morgan fingerprint density at radius 2 is 1.54 bits per heavy atom. The van der Waals surface area contributed by atoms with Gasteiger partial charge in [-0.25, -0.2) is 9.18 Å². The maximum Gasteiger partial charge on any atom is 0.343 e. The van der Waals surface area contributed by atoms with Crippen LogP contribution in [-0.4, -0.2) is 19.2 Å². The summed E-state index contributed by atoms with van der Waals surface area (Å²) in [6.07, 6.45) is 12.6. The van der Waals surface area contributed by atoms with Crippen LogP contribution >= 0.6 is 0 Å². The van der Waals surface area contributed by atoms with Crippen molar-refractivity contribution in [1.29, 1.82) is 0 Å². The number of unbranched alkanes of at least 4 members (excludes halogenated alkanes) is 7. The molecule has 1 heterocycles. The molecule has 0 bridgehead atoms. The predicted octanol–water partition coefficient (Wildman–Crippen LogP) is 8.19. The minimum atomic E-state index is -0.735. The van der Waals surface area contributed by atoms with Crippen molar-refractivity contribution in [2.45, 2.75) is 90.8 Å². The summed E-state index contributed by atoms with van der Waals surface area (Å²) in [5, 5.41) is 0. The van der Waals surface area contributed by atoms with E-state index in [4.69, 9.17) is 14.2 Å². The molecule has 192 valence electrons. The second-order valence-corrected chi connectivity index (χ2v) is 9.65. The van der Waals surface area contributed by atoms with E-state index in [1.807, 2.05) is 12.1 Å². The second-order valence-electron chi connectivity index (χ2n) is 9.65. The van der Waals surface area contributed by atoms with Crippen LogP contribution in [0.15, 0.2) is 42.5 Å². The lowest BCUT2D eigenvalue weighted by atomic mass is 10.0. The number of benzene rings is 2. The molecule has 1 saturated heterocycles. The molecule has 1 fully saturated rings. The second kappa shape index (κ2) is 15.0. The Balaban J connectivity index is 1.43. The van der Waals surface area contributed by atoms with Gasteiger partial charge in [-0.2, -0.15) is 0 Å². The van der Waals surface area contributed by atoms with Gasteiger partial charge in [-0.3, -0.25) is 0 Å². The molecular formula is C30H41FO4. The molecule has 0 saturated carbocycles. The molecule has 35 heavy (non-hydrogen) atoms. The summed E-state index contributed by atoms with van der Waals surface area (Å²) >= 11 is 0. The van der Waals surface area contributed by atoms with Gasteiger partial charge >= 0.3 is 5.97 Å². The van der Waals surface area contributed by atoms with Gasteiger partial charge in [0.15, 0.2) is 6.29 Å². The third-order valence-corrected chi connectivity index (χ3v) is 6.63. The van der Waals surface area contributed by atoms with Gasteiger partial charge in [-0.15, -0.1) is 0 Å². The number of esters is 1. The zero-order valence-electron chi connectivity index (χ0n) is 21.4. The molecule has 2 aromatic rings. The van der Waals surface area contributed by atoms with Crippen LogP contribution in [0, 0.1) is 11.7 Å². The van der Waals surface area contributed by atoms with Crippen molar-refractivity contribution in [2.75, 3.05) is 13.2 Å². The van der Waals surface area contributed by atoms with E-state index < -0.39 is 18.1 Å². The summed E-state index contributed by atoms with van der Waals surface area (Å²) in [4.78, 5) is 12.5. The highest BCUT2D eigenvalue weighted by Gasteiger charge is 2.26. The van der Waals surface area contributed by atoms with Gasteiger partial charge in [0, 0.05) is 11.5 Å². The monoisotopic (exact) mass is 484 g/mol. The fraction of sp³-hybridized carbons (Fsp3) is 0.567. The number of carbonyl (C=O) groups is 1. The van der Waals surface area contributed by atoms with Gasteiger partial charge < -0.3 is 14.2 Å². The van der Waals surface area contributed by atoms with E-state index in [1.54, 1.807) is 24.3 Å². The molecule has 0 N–H and O–H groups in total. The van der Waals surface area contributed by atoms with Crippen molar-refractivity contribution in [2.24, 2.45) is 5.92 Å². The largest absolute Gasteiger partial charge is 0.423 e. The van der Waals surface area contributed by atoms with E-state index in [0.29, 0.717) is 30.4 Å². The number of rotatable bonds is 14. The zero-order valence-corrected chi connectivity index (χ0v) is 21.4. The summed E-state index contributed by atoms with van der Waals surface area (Å²) in [5.74, 6) is -0.305. The molecule has 1 aliphatic rings. The lowest BCUT2D eigenvalue weighted by molar-refractivity contribution is -0.207. The number of hydrogen-bond acceptors (Lipinski definition) is 4. The average molecular weight is 485 g/mol. The van der Waals surface area contributed by atoms with Crippen LogP contribution in [0.5, 0.6) is 5.75 Å². The number of ether oxygens (including phenoxy) is 3. The van der Waals surface area contributed by atoms with E-state index in [1.165, 1.54) is 56.6 Å². The first-order chi connectivity index (χ1) is 17.1. The lowest BCUT2D eigenvalue weighted by Crippen LogP contribution is -2.27. The minimum Gasteiger partial charge on any atom is -0.423 e. The van der Waals surface area contributed by atoms with Crippen molar-refractivity contribution < 1.29 is 23.4 Å². The highest BCUT2D eigenvalue weighted by Crippen LogP contribution is 2.29. The maximum absolute atomic E-state index is 14.8. The Morgan fingerprint density at radius 3 is 2.20 bits per heavy atom. The van der Waals surface area contributed by atoms with Gasteiger partial charge in [0.05, 0.1) is 18.8 Å². The molecule has 0 atom stereocenters. The molecular weight excluding hydrogens is 443 g/mol. The Bertz CT molecular complexity index is 888. The standard InChI is InChI=1S/C30H41FO4/c1-3-5-7-8-9-10-11-13-24-21-33-30(34-22-24)27-19-16-25(20-28(27)31)29(32)35-26-17-14-23(15-18-26)12-6-4-2/h14-20,24,30H,3-13,21-22H2,1-2H3. The number of hydrogen-bond donors (Lipinski definition) is 0. The predicted molar refractivity (Wildman–Crippen MR) is 137 cm³/mol. The van der Waals surface area contributed by atoms with Crippen LogP contribution in [0.1, 0.15) is 106 Å². The number of halogens is 1. The van der Waals surface area contributed by atoms with Crippen molar-refractivity contribution in [1.82, 2.24) is 0 Å². The van der Waals surface area contributed by atoms with Crippen molar-refractivity contribution >= 4 is 5.97 Å². The van der Waals surface area contributed by atoms with Crippen LogP contribution in [0.3, 0.4) is 0 Å². The molecule has 2 aromatic carbocycles. The molecule has 0 aliphatic carbocycles. The molecule has 0 radical (unpaired) electrons. The van der Waals surface area contributed by atoms with Crippen LogP contribution in [0.4, 0.5) is 4.39 Å². The summed E-state index contributed by atoms with van der Waals surface area (Å²) in [6, 6.07) is 11.8. The Labute approximate surface area is 210 Å². The van der Waals surface area contributed by atoms with Gasteiger partial charge in [0.1, 0.15) is 11.6 Å². The average Bonchev–Trinajstić information content (AvgIpc) is 2.88. The summed E-state index contributed by atoms with van der Waals surface area (Å²) in [5.41, 5.74) is 1.68. The molecule has 5 heteroatoms. The first-order valence-corrected chi connectivity index (χ1v) is 13.4. The molecule has 1 aliphatic heterocycles. The Hall–Kier alpha value is -2.24. The third kappa shape index (κ3) is 9.05. The smallest absolute Gasteiger partial charge is 0.343 e. The SMILES string of the molecule is CCCCCCCCCC1COC(c2ccc(C(=O)Oc3ccc(CCCC)cc3)cc2F)OC1. The molecule has 0 aromatic heterocycles. The fourth-order valence-corrected chi connectivity index (χ4v) is 4.40. The molecule has 0 amide bonds. The van der Waals surface area contributed by atoms with Crippen LogP contribution < -0.4 is 4.74 Å². The summed E-state index contributed by atoms with van der Waals surface area (Å²) < 4.78 is 31.9. The van der Waals surface area contributed by atoms with Crippen molar-refractivity contribution in [3.05, 3.63) is 65.0 Å². The number of aryl methyl sites for hydroxylation is 1. The van der Waals surface area contributed by atoms with E-state index in [0.717, 1.165) is 25.7 Å². The van der Waals surface area contributed by atoms with Crippen LogP contribution in [-0.2, 0) is 15.9 Å². The topological polar surface area (TPSA) is 44.8 Å².